The van der Waals surface area contributed by atoms with Crippen LogP contribution in [-0.4, -0.2) is 43.6 Å². The number of amides is 1. The summed E-state index contributed by atoms with van der Waals surface area (Å²) in [5.74, 6) is 1.40. The van der Waals surface area contributed by atoms with Crippen molar-refractivity contribution in [1.29, 1.82) is 0 Å². The van der Waals surface area contributed by atoms with Crippen molar-refractivity contribution >= 4 is 17.2 Å². The molecule has 1 aromatic heterocycles. The molecular weight excluding hydrogens is 396 g/mol. The third-order valence-electron chi connectivity index (χ3n) is 5.13. The van der Waals surface area contributed by atoms with Gasteiger partial charge in [0.25, 0.3) is 5.91 Å². The molecule has 0 atom stereocenters. The van der Waals surface area contributed by atoms with Gasteiger partial charge < -0.3 is 14.4 Å². The first-order valence-electron chi connectivity index (χ1n) is 9.85. The lowest BCUT2D eigenvalue weighted by atomic mass is 10.1. The number of thiazole rings is 1. The molecule has 0 bridgehead atoms. The van der Waals surface area contributed by atoms with E-state index in [1.807, 2.05) is 32.2 Å². The molecule has 30 heavy (non-hydrogen) atoms. The van der Waals surface area contributed by atoms with Crippen LogP contribution in [0.25, 0.3) is 10.6 Å². The first-order chi connectivity index (χ1) is 14.3. The van der Waals surface area contributed by atoms with Crippen molar-refractivity contribution in [3.63, 3.8) is 0 Å². The number of carbonyl (C=O) groups is 1. The van der Waals surface area contributed by atoms with Gasteiger partial charge in [-0.3, -0.25) is 4.79 Å². The zero-order chi connectivity index (χ0) is 21.8. The predicted molar refractivity (Wildman–Crippen MR) is 122 cm³/mol. The molecular formula is C24H28N2O3S. The Morgan fingerprint density at radius 2 is 1.77 bits per heavy atom. The van der Waals surface area contributed by atoms with Crippen LogP contribution >= 0.6 is 11.3 Å². The number of likely N-dealkylation sites (N-methyl/N-ethyl adjacent to an activating group) is 1. The number of benzene rings is 2. The molecule has 0 aliphatic heterocycles. The van der Waals surface area contributed by atoms with Crippen molar-refractivity contribution < 1.29 is 14.3 Å². The summed E-state index contributed by atoms with van der Waals surface area (Å²) in [7, 11) is 5.07. The first kappa shape index (κ1) is 21.8. The number of methoxy groups -OCH3 is 2. The van der Waals surface area contributed by atoms with Crippen LogP contribution in [-0.2, 0) is 6.42 Å². The van der Waals surface area contributed by atoms with Crippen LogP contribution in [0.3, 0.4) is 0 Å². The molecule has 158 valence electrons. The summed E-state index contributed by atoms with van der Waals surface area (Å²) in [4.78, 5) is 20.2. The second-order valence-electron chi connectivity index (χ2n) is 7.42. The topological polar surface area (TPSA) is 51.7 Å². The summed E-state index contributed by atoms with van der Waals surface area (Å²) in [6.07, 6.45) is 0.727. The summed E-state index contributed by atoms with van der Waals surface area (Å²) in [6, 6.07) is 12.1. The average Bonchev–Trinajstić information content (AvgIpc) is 3.12. The van der Waals surface area contributed by atoms with Gasteiger partial charge in [-0.15, -0.1) is 11.3 Å². The lowest BCUT2D eigenvalue weighted by Gasteiger charge is -2.17. The van der Waals surface area contributed by atoms with Crippen molar-refractivity contribution in [2.75, 3.05) is 27.8 Å². The second kappa shape index (κ2) is 9.30. The Hall–Kier alpha value is -2.86. The SMILES string of the molecule is COc1ccc(CCN(C)C(=O)c2sc(-c3ccc(C)cc3C)nc2C)cc1OC. The van der Waals surface area contributed by atoms with Crippen molar-refractivity contribution in [2.45, 2.75) is 27.2 Å². The normalized spacial score (nSPS) is 10.7. The van der Waals surface area contributed by atoms with Gasteiger partial charge in [0.15, 0.2) is 11.5 Å². The molecule has 0 N–H and O–H groups in total. The molecule has 1 amide bonds. The molecule has 0 aliphatic rings. The largest absolute Gasteiger partial charge is 0.493 e. The summed E-state index contributed by atoms with van der Waals surface area (Å²) < 4.78 is 10.7. The number of aryl methyl sites for hydroxylation is 3. The quantitative estimate of drug-likeness (QED) is 0.531. The van der Waals surface area contributed by atoms with Gasteiger partial charge in [-0.2, -0.15) is 0 Å². The molecule has 0 spiro atoms. The standard InChI is InChI=1S/C24H28N2O3S/c1-15-7-9-19(16(2)13-15)23-25-17(3)22(30-23)24(27)26(4)12-11-18-8-10-20(28-5)21(14-18)29-6/h7-10,13-14H,11-12H2,1-6H3. The molecule has 6 heteroatoms. The minimum atomic E-state index is 0.00138. The van der Waals surface area contributed by atoms with Crippen LogP contribution in [0.4, 0.5) is 0 Å². The van der Waals surface area contributed by atoms with Crippen LogP contribution in [0.15, 0.2) is 36.4 Å². The van der Waals surface area contributed by atoms with E-state index in [9.17, 15) is 4.79 Å². The van der Waals surface area contributed by atoms with Crippen molar-refractivity contribution in [2.24, 2.45) is 0 Å². The van der Waals surface area contributed by atoms with E-state index in [0.717, 1.165) is 28.2 Å². The Kier molecular flexibility index (Phi) is 6.77. The van der Waals surface area contributed by atoms with Crippen molar-refractivity contribution in [3.05, 3.63) is 63.7 Å². The summed E-state index contributed by atoms with van der Waals surface area (Å²) >= 11 is 1.46. The van der Waals surface area contributed by atoms with Gasteiger partial charge in [-0.05, 0) is 50.5 Å². The number of aromatic nitrogens is 1. The number of rotatable bonds is 7. The molecule has 2 aromatic carbocycles. The van der Waals surface area contributed by atoms with Gasteiger partial charge in [0.1, 0.15) is 9.88 Å². The van der Waals surface area contributed by atoms with E-state index in [-0.39, 0.29) is 5.91 Å². The van der Waals surface area contributed by atoms with Gasteiger partial charge in [0.05, 0.1) is 19.9 Å². The third kappa shape index (κ3) is 4.65. The molecule has 3 aromatic rings. The van der Waals surface area contributed by atoms with E-state index in [2.05, 4.69) is 37.0 Å². The summed E-state index contributed by atoms with van der Waals surface area (Å²) in [5.41, 5.74) is 5.34. The molecule has 0 saturated carbocycles. The van der Waals surface area contributed by atoms with Crippen LogP contribution in [0.2, 0.25) is 0 Å². The number of hydrogen-bond acceptors (Lipinski definition) is 5. The van der Waals surface area contributed by atoms with Crippen LogP contribution in [0.5, 0.6) is 11.5 Å². The highest BCUT2D eigenvalue weighted by Gasteiger charge is 2.20. The van der Waals surface area contributed by atoms with E-state index in [1.54, 1.807) is 19.1 Å². The maximum atomic E-state index is 13.0. The average molecular weight is 425 g/mol. The molecule has 3 rings (SSSR count). The Balaban J connectivity index is 1.73. The number of ether oxygens (including phenoxy) is 2. The number of carbonyl (C=O) groups excluding carboxylic acids is 1. The molecule has 0 fully saturated rings. The van der Waals surface area contributed by atoms with Gasteiger partial charge in [0.2, 0.25) is 0 Å². The minimum absolute atomic E-state index is 0.00138. The number of nitrogens with zero attached hydrogens (tertiary/aromatic N) is 2. The Labute approximate surface area is 182 Å². The maximum absolute atomic E-state index is 13.0. The molecule has 1 heterocycles. The van der Waals surface area contributed by atoms with Crippen LogP contribution in [0, 0.1) is 20.8 Å². The van der Waals surface area contributed by atoms with Gasteiger partial charge in [-0.25, -0.2) is 4.98 Å². The van der Waals surface area contributed by atoms with E-state index < -0.39 is 0 Å². The lowest BCUT2D eigenvalue weighted by Crippen LogP contribution is -2.28. The Morgan fingerprint density at radius 1 is 1.03 bits per heavy atom. The predicted octanol–water partition coefficient (Wildman–Crippen LogP) is 5.07. The highest BCUT2D eigenvalue weighted by molar-refractivity contribution is 7.17. The smallest absolute Gasteiger partial charge is 0.265 e. The highest BCUT2D eigenvalue weighted by atomic mass is 32.1. The van der Waals surface area contributed by atoms with Crippen molar-refractivity contribution in [1.82, 2.24) is 9.88 Å². The minimum Gasteiger partial charge on any atom is -0.493 e. The molecule has 0 aliphatic carbocycles. The van der Waals surface area contributed by atoms with Gasteiger partial charge in [-0.1, -0.05) is 29.8 Å². The zero-order valence-electron chi connectivity index (χ0n) is 18.4. The maximum Gasteiger partial charge on any atom is 0.265 e. The summed E-state index contributed by atoms with van der Waals surface area (Å²) in [5, 5.41) is 0.890. The van der Waals surface area contributed by atoms with E-state index in [1.165, 1.54) is 22.5 Å². The molecule has 0 saturated heterocycles. The monoisotopic (exact) mass is 424 g/mol. The zero-order valence-corrected chi connectivity index (χ0v) is 19.2. The lowest BCUT2D eigenvalue weighted by molar-refractivity contribution is 0.0800. The second-order valence-corrected chi connectivity index (χ2v) is 8.42. The van der Waals surface area contributed by atoms with Crippen molar-refractivity contribution in [3.8, 4) is 22.1 Å². The van der Waals surface area contributed by atoms with Gasteiger partial charge in [0, 0.05) is 19.2 Å². The molecule has 5 nitrogen and oxygen atoms in total. The van der Waals surface area contributed by atoms with Gasteiger partial charge >= 0.3 is 0 Å². The van der Waals surface area contributed by atoms with Crippen LogP contribution in [0.1, 0.15) is 32.1 Å². The molecule has 0 radical (unpaired) electrons. The fraction of sp³-hybridized carbons (Fsp3) is 0.333. The number of hydrogen-bond donors (Lipinski definition) is 0. The van der Waals surface area contributed by atoms with Crippen LogP contribution < -0.4 is 9.47 Å². The third-order valence-corrected chi connectivity index (χ3v) is 6.31. The fourth-order valence-electron chi connectivity index (χ4n) is 3.37. The van der Waals surface area contributed by atoms with E-state index >= 15 is 0 Å². The van der Waals surface area contributed by atoms with E-state index in [0.29, 0.717) is 22.9 Å². The molecule has 0 unspecified atom stereocenters. The first-order valence-corrected chi connectivity index (χ1v) is 10.7. The van der Waals surface area contributed by atoms with E-state index in [4.69, 9.17) is 9.47 Å². The highest BCUT2D eigenvalue weighted by Crippen LogP contribution is 2.31. The fourth-order valence-corrected chi connectivity index (χ4v) is 4.52. The summed E-state index contributed by atoms with van der Waals surface area (Å²) in [6.45, 7) is 6.66. The Bertz CT molecular complexity index is 1060. The Morgan fingerprint density at radius 3 is 2.43 bits per heavy atom.